The Kier molecular flexibility index (Phi) is 6.61. The molecule has 4 aromatic rings. The summed E-state index contributed by atoms with van der Waals surface area (Å²) in [5, 5.41) is 12.3. The van der Waals surface area contributed by atoms with Crippen molar-refractivity contribution >= 4 is 41.0 Å². The molecule has 1 aliphatic rings. The van der Waals surface area contributed by atoms with Crippen LogP contribution in [0.3, 0.4) is 0 Å². The van der Waals surface area contributed by atoms with Gasteiger partial charge in [-0.25, -0.2) is 4.68 Å². The maximum atomic E-state index is 12.7. The van der Waals surface area contributed by atoms with Crippen molar-refractivity contribution in [1.82, 2.24) is 14.8 Å². The molecule has 7 nitrogen and oxygen atoms in total. The van der Waals surface area contributed by atoms with Gasteiger partial charge in [-0.05, 0) is 59.5 Å². The maximum absolute atomic E-state index is 12.7. The van der Waals surface area contributed by atoms with E-state index in [1.807, 2.05) is 77.5 Å². The van der Waals surface area contributed by atoms with Crippen LogP contribution in [0.5, 0.6) is 5.75 Å². The fraction of sp³-hybridized carbons (Fsp3) is 0.192. The summed E-state index contributed by atoms with van der Waals surface area (Å²) in [6.07, 6.45) is 0.939. The summed E-state index contributed by atoms with van der Waals surface area (Å²) in [7, 11) is 1.61. The van der Waals surface area contributed by atoms with E-state index in [0.29, 0.717) is 16.0 Å². The van der Waals surface area contributed by atoms with Crippen molar-refractivity contribution in [2.24, 2.45) is 0 Å². The lowest BCUT2D eigenvalue weighted by Crippen LogP contribution is -2.28. The minimum atomic E-state index is -0.199. The molecule has 2 unspecified atom stereocenters. The van der Waals surface area contributed by atoms with Crippen LogP contribution >= 0.6 is 23.2 Å². The molecule has 2 N–H and O–H groups in total. The molecule has 0 radical (unpaired) electrons. The van der Waals surface area contributed by atoms with Crippen LogP contribution in [0.25, 0.3) is 0 Å². The van der Waals surface area contributed by atoms with Gasteiger partial charge >= 0.3 is 0 Å². The van der Waals surface area contributed by atoms with Crippen molar-refractivity contribution in [2.45, 2.75) is 24.9 Å². The summed E-state index contributed by atoms with van der Waals surface area (Å²) in [6, 6.07) is 22.7. The first-order valence-electron chi connectivity index (χ1n) is 11.2. The van der Waals surface area contributed by atoms with Crippen molar-refractivity contribution < 1.29 is 9.53 Å². The Balaban J connectivity index is 1.40. The van der Waals surface area contributed by atoms with Gasteiger partial charge < -0.3 is 10.1 Å². The van der Waals surface area contributed by atoms with E-state index in [0.717, 1.165) is 28.9 Å². The minimum absolute atomic E-state index is 0.00695. The summed E-state index contributed by atoms with van der Waals surface area (Å²) < 4.78 is 6.99. The van der Waals surface area contributed by atoms with E-state index in [1.54, 1.807) is 7.11 Å². The Morgan fingerprint density at radius 3 is 2.26 bits per heavy atom. The number of nitrogens with zero attached hydrogens (tertiary/aromatic N) is 3. The molecule has 0 spiro atoms. The zero-order chi connectivity index (χ0) is 24.4. The number of carbonyl (C=O) groups excluding carboxylic acids is 1. The van der Waals surface area contributed by atoms with E-state index >= 15 is 0 Å². The van der Waals surface area contributed by atoms with Crippen LogP contribution in [-0.4, -0.2) is 27.8 Å². The molecule has 0 bridgehead atoms. The molecule has 0 saturated heterocycles. The highest BCUT2D eigenvalue weighted by Gasteiger charge is 2.31. The van der Waals surface area contributed by atoms with Gasteiger partial charge in [0.05, 0.1) is 25.6 Å². The Labute approximate surface area is 213 Å². The van der Waals surface area contributed by atoms with Gasteiger partial charge in [-0.15, -0.1) is 5.10 Å². The number of methoxy groups -OCH3 is 1. The van der Waals surface area contributed by atoms with Gasteiger partial charge in [0.1, 0.15) is 5.75 Å². The van der Waals surface area contributed by atoms with E-state index in [1.165, 1.54) is 0 Å². The van der Waals surface area contributed by atoms with Gasteiger partial charge in [0.2, 0.25) is 11.9 Å². The molecule has 1 aromatic heterocycles. The van der Waals surface area contributed by atoms with Gasteiger partial charge in [-0.2, -0.15) is 4.98 Å². The number of fused-ring (bicyclic) bond motifs is 1. The normalized spacial score (nSPS) is 16.8. The van der Waals surface area contributed by atoms with Gasteiger partial charge in [0.15, 0.2) is 0 Å². The molecule has 1 aliphatic heterocycles. The van der Waals surface area contributed by atoms with Crippen molar-refractivity contribution in [1.29, 1.82) is 0 Å². The zero-order valence-electron chi connectivity index (χ0n) is 18.9. The highest BCUT2D eigenvalue weighted by molar-refractivity contribution is 6.30. The number of amides is 1. The second kappa shape index (κ2) is 9.98. The second-order valence-corrected chi connectivity index (χ2v) is 9.20. The fourth-order valence-corrected chi connectivity index (χ4v) is 4.46. The van der Waals surface area contributed by atoms with Crippen molar-refractivity contribution in [3.63, 3.8) is 0 Å². The van der Waals surface area contributed by atoms with Gasteiger partial charge in [-0.3, -0.25) is 10.1 Å². The predicted octanol–water partition coefficient (Wildman–Crippen LogP) is 5.92. The Morgan fingerprint density at radius 1 is 1.00 bits per heavy atom. The van der Waals surface area contributed by atoms with Gasteiger partial charge in [0, 0.05) is 10.0 Å². The molecule has 0 aliphatic carbocycles. The molecule has 9 heteroatoms. The maximum Gasteiger partial charge on any atom is 0.250 e. The average Bonchev–Trinajstić information content (AvgIpc) is 3.27. The molecule has 0 saturated carbocycles. The summed E-state index contributed by atoms with van der Waals surface area (Å²) in [5.74, 6) is 1.38. The molecule has 5 rings (SSSR count). The Morgan fingerprint density at radius 2 is 1.63 bits per heavy atom. The van der Waals surface area contributed by atoms with Crippen LogP contribution in [0, 0.1) is 0 Å². The molecule has 178 valence electrons. The number of rotatable bonds is 6. The van der Waals surface area contributed by atoms with Crippen LogP contribution in [0.1, 0.15) is 35.2 Å². The summed E-state index contributed by atoms with van der Waals surface area (Å²) in [5.41, 5.74) is 3.01. The number of hydrogen-bond acceptors (Lipinski definition) is 5. The second-order valence-electron chi connectivity index (χ2n) is 8.33. The third kappa shape index (κ3) is 5.26. The molecule has 35 heavy (non-hydrogen) atoms. The number of hydrogen-bond donors (Lipinski definition) is 2. The first kappa shape index (κ1) is 23.2. The lowest BCUT2D eigenvalue weighted by molar-refractivity contribution is -0.115. The molecule has 3 aromatic carbocycles. The topological polar surface area (TPSA) is 81.1 Å². The fourth-order valence-electron chi connectivity index (χ4n) is 4.20. The minimum Gasteiger partial charge on any atom is -0.497 e. The van der Waals surface area contributed by atoms with Crippen molar-refractivity contribution in [3.05, 3.63) is 99.5 Å². The standard InChI is InChI=1S/C26H23Cl2N5O2/c1-35-21-12-2-16(3-13-21)14-24(34)30-25-31-26-29-22(17-4-8-19(27)9-5-17)15-23(33(26)32-25)18-6-10-20(28)11-7-18/h2-13,22-23H,14-15H2,1H3,(H2,29,30,31,32,34). The third-order valence-electron chi connectivity index (χ3n) is 5.99. The Hall–Kier alpha value is -3.55. The molecular formula is C26H23Cl2N5O2. The summed E-state index contributed by atoms with van der Waals surface area (Å²) in [4.78, 5) is 17.3. The number of anilines is 2. The van der Waals surface area contributed by atoms with Gasteiger partial charge in [0.25, 0.3) is 5.95 Å². The highest BCUT2D eigenvalue weighted by atomic mass is 35.5. The monoisotopic (exact) mass is 507 g/mol. The smallest absolute Gasteiger partial charge is 0.250 e. The molecular weight excluding hydrogens is 485 g/mol. The molecule has 1 amide bonds. The van der Waals surface area contributed by atoms with E-state index in [9.17, 15) is 4.79 Å². The van der Waals surface area contributed by atoms with E-state index < -0.39 is 0 Å². The molecule has 2 heterocycles. The lowest BCUT2D eigenvalue weighted by atomic mass is 9.93. The van der Waals surface area contributed by atoms with Crippen LogP contribution in [0.2, 0.25) is 10.0 Å². The molecule has 0 fully saturated rings. The summed E-state index contributed by atoms with van der Waals surface area (Å²) in [6.45, 7) is 0. The van der Waals surface area contributed by atoms with E-state index in [4.69, 9.17) is 27.9 Å². The number of nitrogens with one attached hydrogen (secondary N) is 2. The van der Waals surface area contributed by atoms with Gasteiger partial charge in [-0.1, -0.05) is 59.6 Å². The third-order valence-corrected chi connectivity index (χ3v) is 6.49. The van der Waals surface area contributed by atoms with Crippen LogP contribution in [0.15, 0.2) is 72.8 Å². The summed E-state index contributed by atoms with van der Waals surface area (Å²) >= 11 is 12.2. The van der Waals surface area contributed by atoms with E-state index in [-0.39, 0.29) is 30.4 Å². The Bertz CT molecular complexity index is 1320. The van der Waals surface area contributed by atoms with E-state index in [2.05, 4.69) is 20.7 Å². The lowest BCUT2D eigenvalue weighted by Gasteiger charge is -2.31. The van der Waals surface area contributed by atoms with Crippen LogP contribution in [0.4, 0.5) is 11.9 Å². The largest absolute Gasteiger partial charge is 0.497 e. The zero-order valence-corrected chi connectivity index (χ0v) is 20.4. The quantitative estimate of drug-likeness (QED) is 0.338. The number of halogens is 2. The first-order valence-corrected chi connectivity index (χ1v) is 11.9. The average molecular weight is 508 g/mol. The number of aromatic nitrogens is 3. The predicted molar refractivity (Wildman–Crippen MR) is 137 cm³/mol. The number of benzene rings is 3. The molecule has 2 atom stereocenters. The number of ether oxygens (including phenoxy) is 1. The SMILES string of the molecule is COc1ccc(CC(=O)Nc2nc3n(n2)C(c2ccc(Cl)cc2)CC(c2ccc(Cl)cc2)N3)cc1. The highest BCUT2D eigenvalue weighted by Crippen LogP contribution is 2.38. The van der Waals surface area contributed by atoms with Crippen LogP contribution < -0.4 is 15.4 Å². The van der Waals surface area contributed by atoms with Crippen LogP contribution in [-0.2, 0) is 11.2 Å². The van der Waals surface area contributed by atoms with Crippen molar-refractivity contribution in [2.75, 3.05) is 17.7 Å². The first-order chi connectivity index (χ1) is 17.0. The number of carbonyl (C=O) groups is 1. The van der Waals surface area contributed by atoms with Crippen molar-refractivity contribution in [3.8, 4) is 5.75 Å².